The Bertz CT molecular complexity index is 453. The summed E-state index contributed by atoms with van der Waals surface area (Å²) in [5, 5.41) is 0. The summed E-state index contributed by atoms with van der Waals surface area (Å²) >= 11 is 8.48. The van der Waals surface area contributed by atoms with E-state index in [4.69, 9.17) is 0 Å². The van der Waals surface area contributed by atoms with Crippen LogP contribution in [0.4, 0.5) is 0 Å². The SMILES string of the molecule is O=c1cc(CS)n(CCN2CCCCC2)cc1S. The lowest BCUT2D eigenvalue weighted by molar-refractivity contribution is 0.220. The third-order valence-corrected chi connectivity index (χ3v) is 4.12. The molecule has 0 aromatic carbocycles. The Labute approximate surface area is 119 Å². The van der Waals surface area contributed by atoms with E-state index in [1.807, 2.05) is 6.20 Å². The highest BCUT2D eigenvalue weighted by Crippen LogP contribution is 2.10. The minimum atomic E-state index is -0.0170. The molecule has 1 aliphatic rings. The Morgan fingerprint density at radius 2 is 1.89 bits per heavy atom. The van der Waals surface area contributed by atoms with E-state index in [0.717, 1.165) is 18.8 Å². The normalized spacial score (nSPS) is 17.0. The first-order chi connectivity index (χ1) is 8.70. The maximum atomic E-state index is 11.5. The van der Waals surface area contributed by atoms with E-state index in [9.17, 15) is 4.79 Å². The molecule has 1 saturated heterocycles. The van der Waals surface area contributed by atoms with Gasteiger partial charge in [0.2, 0.25) is 0 Å². The van der Waals surface area contributed by atoms with Crippen LogP contribution in [-0.2, 0) is 12.3 Å². The number of thiol groups is 2. The van der Waals surface area contributed by atoms with E-state index in [-0.39, 0.29) is 5.43 Å². The minimum absolute atomic E-state index is 0.0170. The van der Waals surface area contributed by atoms with Gasteiger partial charge in [-0.25, -0.2) is 0 Å². The van der Waals surface area contributed by atoms with E-state index in [0.29, 0.717) is 10.6 Å². The van der Waals surface area contributed by atoms with E-state index >= 15 is 0 Å². The Kier molecular flexibility index (Phi) is 5.21. The summed E-state index contributed by atoms with van der Waals surface area (Å²) in [6.45, 7) is 4.34. The molecule has 0 unspecified atom stereocenters. The molecule has 1 aromatic rings. The molecule has 0 bridgehead atoms. The van der Waals surface area contributed by atoms with Gasteiger partial charge in [-0.05, 0) is 25.9 Å². The number of rotatable bonds is 4. The number of hydrogen-bond acceptors (Lipinski definition) is 4. The highest BCUT2D eigenvalue weighted by Gasteiger charge is 2.10. The van der Waals surface area contributed by atoms with Crippen molar-refractivity contribution in [1.82, 2.24) is 9.47 Å². The van der Waals surface area contributed by atoms with Crippen molar-refractivity contribution < 1.29 is 0 Å². The standard InChI is InChI=1S/C13H20N2OS2/c16-12-8-11(10-17)15(9-13(12)18)7-6-14-4-2-1-3-5-14/h8-9,17-18H,1-7,10H2. The van der Waals surface area contributed by atoms with Gasteiger partial charge in [-0.15, -0.1) is 12.6 Å². The maximum Gasteiger partial charge on any atom is 0.195 e. The second kappa shape index (κ2) is 6.68. The van der Waals surface area contributed by atoms with Crippen LogP contribution in [0.15, 0.2) is 22.0 Å². The summed E-state index contributed by atoms with van der Waals surface area (Å²) < 4.78 is 2.10. The third kappa shape index (κ3) is 3.56. The molecule has 2 heterocycles. The van der Waals surface area contributed by atoms with Crippen LogP contribution < -0.4 is 5.43 Å². The summed E-state index contributed by atoms with van der Waals surface area (Å²) in [5.41, 5.74) is 0.953. The van der Waals surface area contributed by atoms with E-state index in [1.165, 1.54) is 32.4 Å². The Morgan fingerprint density at radius 3 is 2.56 bits per heavy atom. The Hall–Kier alpha value is -0.390. The summed E-state index contributed by atoms with van der Waals surface area (Å²) in [5.74, 6) is 0.587. The number of hydrogen-bond donors (Lipinski definition) is 2. The van der Waals surface area contributed by atoms with Crippen molar-refractivity contribution in [3.8, 4) is 0 Å². The van der Waals surface area contributed by atoms with Gasteiger partial charge >= 0.3 is 0 Å². The van der Waals surface area contributed by atoms with Crippen LogP contribution in [0, 0.1) is 0 Å². The third-order valence-electron chi connectivity index (χ3n) is 3.47. The van der Waals surface area contributed by atoms with Crippen molar-refractivity contribution in [1.29, 1.82) is 0 Å². The smallest absolute Gasteiger partial charge is 0.195 e. The van der Waals surface area contributed by atoms with Crippen LogP contribution in [0.5, 0.6) is 0 Å². The van der Waals surface area contributed by atoms with Crippen LogP contribution in [0.1, 0.15) is 25.0 Å². The second-order valence-electron chi connectivity index (χ2n) is 4.77. The molecule has 0 atom stereocenters. The van der Waals surface area contributed by atoms with Crippen molar-refractivity contribution in [2.75, 3.05) is 19.6 Å². The monoisotopic (exact) mass is 284 g/mol. The molecule has 3 nitrogen and oxygen atoms in total. The van der Waals surface area contributed by atoms with Gasteiger partial charge in [0.1, 0.15) is 0 Å². The summed E-state index contributed by atoms with van der Waals surface area (Å²) in [7, 11) is 0. The Morgan fingerprint density at radius 1 is 1.17 bits per heavy atom. The van der Waals surface area contributed by atoms with Crippen molar-refractivity contribution in [3.63, 3.8) is 0 Å². The molecule has 0 spiro atoms. The average molecular weight is 284 g/mol. The quantitative estimate of drug-likeness (QED) is 0.828. The van der Waals surface area contributed by atoms with E-state index < -0.39 is 0 Å². The van der Waals surface area contributed by atoms with Gasteiger partial charge in [-0.3, -0.25) is 4.79 Å². The summed E-state index contributed by atoms with van der Waals surface area (Å²) in [4.78, 5) is 14.5. The molecule has 100 valence electrons. The molecular weight excluding hydrogens is 264 g/mol. The predicted octanol–water partition coefficient (Wildman–Crippen LogP) is 2.05. The number of nitrogens with zero attached hydrogens (tertiary/aromatic N) is 2. The fourth-order valence-corrected chi connectivity index (χ4v) is 2.86. The fourth-order valence-electron chi connectivity index (χ4n) is 2.38. The highest BCUT2D eigenvalue weighted by molar-refractivity contribution is 7.80. The average Bonchev–Trinajstić information content (AvgIpc) is 2.41. The molecule has 1 aliphatic heterocycles. The lowest BCUT2D eigenvalue weighted by Crippen LogP contribution is -2.33. The molecule has 2 rings (SSSR count). The van der Waals surface area contributed by atoms with Gasteiger partial charge in [0.15, 0.2) is 5.43 Å². The fraction of sp³-hybridized carbons (Fsp3) is 0.615. The zero-order chi connectivity index (χ0) is 13.0. The molecule has 0 saturated carbocycles. The van der Waals surface area contributed by atoms with Gasteiger partial charge < -0.3 is 9.47 Å². The first kappa shape index (κ1) is 14.0. The van der Waals surface area contributed by atoms with Crippen LogP contribution >= 0.6 is 25.3 Å². The molecule has 5 heteroatoms. The van der Waals surface area contributed by atoms with Crippen molar-refractivity contribution >= 4 is 25.3 Å². The molecule has 0 radical (unpaired) electrons. The molecule has 0 amide bonds. The maximum absolute atomic E-state index is 11.5. The van der Waals surface area contributed by atoms with Gasteiger partial charge in [-0.1, -0.05) is 6.42 Å². The van der Waals surface area contributed by atoms with Crippen LogP contribution in [-0.4, -0.2) is 29.1 Å². The van der Waals surface area contributed by atoms with Crippen LogP contribution in [0.25, 0.3) is 0 Å². The number of aromatic nitrogens is 1. The van der Waals surface area contributed by atoms with Gasteiger partial charge in [0.05, 0.1) is 4.90 Å². The van der Waals surface area contributed by atoms with Crippen molar-refractivity contribution in [2.45, 2.75) is 36.5 Å². The molecular formula is C13H20N2OS2. The largest absolute Gasteiger partial charge is 0.348 e. The molecule has 0 N–H and O–H groups in total. The predicted molar refractivity (Wildman–Crippen MR) is 80.9 cm³/mol. The molecule has 1 aromatic heterocycles. The Balaban J connectivity index is 2.03. The highest BCUT2D eigenvalue weighted by atomic mass is 32.1. The van der Waals surface area contributed by atoms with E-state index in [2.05, 4.69) is 34.7 Å². The lowest BCUT2D eigenvalue weighted by atomic mass is 10.1. The van der Waals surface area contributed by atoms with E-state index in [1.54, 1.807) is 6.07 Å². The summed E-state index contributed by atoms with van der Waals surface area (Å²) in [6, 6.07) is 1.64. The first-order valence-corrected chi connectivity index (χ1v) is 7.54. The van der Waals surface area contributed by atoms with Crippen LogP contribution in [0.2, 0.25) is 0 Å². The number of piperidine rings is 1. The lowest BCUT2D eigenvalue weighted by Gasteiger charge is -2.27. The minimum Gasteiger partial charge on any atom is -0.348 e. The van der Waals surface area contributed by atoms with Gasteiger partial charge in [-0.2, -0.15) is 12.6 Å². The molecule has 18 heavy (non-hydrogen) atoms. The number of likely N-dealkylation sites (tertiary alicyclic amines) is 1. The summed E-state index contributed by atoms with van der Waals surface area (Å²) in [6.07, 6.45) is 5.81. The first-order valence-electron chi connectivity index (χ1n) is 6.46. The number of pyridine rings is 1. The second-order valence-corrected chi connectivity index (χ2v) is 5.57. The van der Waals surface area contributed by atoms with Gasteiger partial charge in [0.25, 0.3) is 0 Å². The molecule has 1 fully saturated rings. The topological polar surface area (TPSA) is 25.2 Å². The van der Waals surface area contributed by atoms with Crippen LogP contribution in [0.3, 0.4) is 0 Å². The van der Waals surface area contributed by atoms with Crippen molar-refractivity contribution in [2.24, 2.45) is 0 Å². The zero-order valence-electron chi connectivity index (χ0n) is 10.5. The zero-order valence-corrected chi connectivity index (χ0v) is 12.3. The molecule has 0 aliphatic carbocycles. The van der Waals surface area contributed by atoms with Crippen molar-refractivity contribution in [3.05, 3.63) is 28.2 Å². The van der Waals surface area contributed by atoms with Gasteiger partial charge in [0, 0.05) is 36.8 Å².